The standard InChI is InChI=1S/C15H12N8O/c1-9-6-7-13(19-17-9)14-16-15(24-20-14)11-4-3-5-12(8-11)23-10(2)18-21-22-23/h3-8H,1-2H3. The Kier molecular flexibility index (Phi) is 3.30. The molecular formula is C15H12N8O. The lowest BCUT2D eigenvalue weighted by Crippen LogP contribution is -1.99. The molecule has 1 aromatic carbocycles. The molecule has 4 aromatic rings. The van der Waals surface area contributed by atoms with Crippen molar-refractivity contribution >= 4 is 0 Å². The Morgan fingerprint density at radius 3 is 2.67 bits per heavy atom. The second kappa shape index (κ2) is 5.61. The van der Waals surface area contributed by atoms with Crippen LogP contribution in [0.1, 0.15) is 11.5 Å². The van der Waals surface area contributed by atoms with Gasteiger partial charge in [0.1, 0.15) is 5.69 Å². The molecule has 4 rings (SSSR count). The third-order valence-electron chi connectivity index (χ3n) is 3.42. The average molecular weight is 320 g/mol. The molecule has 0 aliphatic rings. The van der Waals surface area contributed by atoms with Crippen LogP contribution in [-0.4, -0.2) is 40.5 Å². The van der Waals surface area contributed by atoms with E-state index in [0.29, 0.717) is 23.2 Å². The Morgan fingerprint density at radius 2 is 1.92 bits per heavy atom. The largest absolute Gasteiger partial charge is 0.334 e. The molecule has 0 aliphatic carbocycles. The Morgan fingerprint density at radius 1 is 1.00 bits per heavy atom. The van der Waals surface area contributed by atoms with E-state index >= 15 is 0 Å². The van der Waals surface area contributed by atoms with Crippen molar-refractivity contribution in [2.75, 3.05) is 0 Å². The minimum Gasteiger partial charge on any atom is -0.334 e. The Bertz CT molecular complexity index is 989. The summed E-state index contributed by atoms with van der Waals surface area (Å²) in [4.78, 5) is 4.38. The normalized spacial score (nSPS) is 10.9. The Balaban J connectivity index is 1.70. The summed E-state index contributed by atoms with van der Waals surface area (Å²) in [7, 11) is 0. The molecular weight excluding hydrogens is 308 g/mol. The summed E-state index contributed by atoms with van der Waals surface area (Å²) < 4.78 is 6.98. The highest BCUT2D eigenvalue weighted by molar-refractivity contribution is 5.60. The molecule has 0 saturated carbocycles. The summed E-state index contributed by atoms with van der Waals surface area (Å²) >= 11 is 0. The molecule has 0 radical (unpaired) electrons. The quantitative estimate of drug-likeness (QED) is 0.562. The van der Waals surface area contributed by atoms with Crippen LogP contribution in [0.25, 0.3) is 28.7 Å². The van der Waals surface area contributed by atoms with Crippen LogP contribution in [0, 0.1) is 13.8 Å². The van der Waals surface area contributed by atoms with Gasteiger partial charge < -0.3 is 4.52 Å². The number of benzene rings is 1. The lowest BCUT2D eigenvalue weighted by atomic mass is 10.2. The Hall–Kier alpha value is -3.49. The summed E-state index contributed by atoms with van der Waals surface area (Å²) in [5.74, 6) is 1.47. The van der Waals surface area contributed by atoms with Gasteiger partial charge in [0, 0.05) is 5.56 Å². The molecule has 3 aromatic heterocycles. The monoisotopic (exact) mass is 320 g/mol. The van der Waals surface area contributed by atoms with Gasteiger partial charge in [-0.05, 0) is 54.6 Å². The van der Waals surface area contributed by atoms with Crippen molar-refractivity contribution in [1.82, 2.24) is 40.5 Å². The van der Waals surface area contributed by atoms with Gasteiger partial charge >= 0.3 is 0 Å². The molecule has 9 heteroatoms. The Labute approximate surface area is 136 Å². The summed E-state index contributed by atoms with van der Waals surface area (Å²) in [6, 6.07) is 11.2. The van der Waals surface area contributed by atoms with Crippen LogP contribution in [0.15, 0.2) is 40.9 Å². The summed E-state index contributed by atoms with van der Waals surface area (Å²) in [5.41, 5.74) is 2.96. The van der Waals surface area contributed by atoms with Crippen molar-refractivity contribution in [2.24, 2.45) is 0 Å². The van der Waals surface area contributed by atoms with Gasteiger partial charge in [-0.25, -0.2) is 0 Å². The molecule has 0 bridgehead atoms. The maximum absolute atomic E-state index is 5.35. The second-order valence-electron chi connectivity index (χ2n) is 5.17. The van der Waals surface area contributed by atoms with E-state index in [0.717, 1.165) is 16.9 Å². The minimum atomic E-state index is 0.389. The summed E-state index contributed by atoms with van der Waals surface area (Å²) in [6.45, 7) is 3.69. The van der Waals surface area contributed by atoms with Crippen molar-refractivity contribution in [3.63, 3.8) is 0 Å². The molecule has 0 saturated heterocycles. The number of hydrogen-bond donors (Lipinski definition) is 0. The molecule has 0 N–H and O–H groups in total. The number of hydrogen-bond acceptors (Lipinski definition) is 8. The molecule has 9 nitrogen and oxygen atoms in total. The molecule has 24 heavy (non-hydrogen) atoms. The van der Waals surface area contributed by atoms with Gasteiger partial charge in [0.2, 0.25) is 5.82 Å². The lowest BCUT2D eigenvalue weighted by Gasteiger charge is -2.02. The number of nitrogens with zero attached hydrogens (tertiary/aromatic N) is 8. The van der Waals surface area contributed by atoms with Gasteiger partial charge in [0.15, 0.2) is 5.82 Å². The average Bonchev–Trinajstić information content (AvgIpc) is 3.25. The fourth-order valence-corrected chi connectivity index (χ4v) is 2.20. The van der Waals surface area contributed by atoms with Crippen molar-refractivity contribution in [2.45, 2.75) is 13.8 Å². The number of aromatic nitrogens is 8. The first kappa shape index (κ1) is 14.1. The van der Waals surface area contributed by atoms with Gasteiger partial charge in [-0.2, -0.15) is 14.8 Å². The van der Waals surface area contributed by atoms with E-state index in [1.807, 2.05) is 44.2 Å². The van der Waals surface area contributed by atoms with E-state index in [1.54, 1.807) is 10.7 Å². The van der Waals surface area contributed by atoms with Crippen LogP contribution < -0.4 is 0 Å². The van der Waals surface area contributed by atoms with Gasteiger partial charge in [-0.15, -0.1) is 10.2 Å². The van der Waals surface area contributed by atoms with E-state index in [4.69, 9.17) is 4.52 Å². The van der Waals surface area contributed by atoms with E-state index in [9.17, 15) is 0 Å². The maximum atomic E-state index is 5.35. The fraction of sp³-hybridized carbons (Fsp3) is 0.133. The fourth-order valence-electron chi connectivity index (χ4n) is 2.20. The number of aryl methyl sites for hydroxylation is 2. The van der Waals surface area contributed by atoms with Crippen molar-refractivity contribution in [3.8, 4) is 28.7 Å². The van der Waals surface area contributed by atoms with Crippen molar-refractivity contribution < 1.29 is 4.52 Å². The van der Waals surface area contributed by atoms with Crippen LogP contribution in [-0.2, 0) is 0 Å². The zero-order valence-corrected chi connectivity index (χ0v) is 13.0. The highest BCUT2D eigenvalue weighted by Crippen LogP contribution is 2.23. The van der Waals surface area contributed by atoms with Gasteiger partial charge in [0.25, 0.3) is 5.89 Å². The second-order valence-corrected chi connectivity index (χ2v) is 5.17. The maximum Gasteiger partial charge on any atom is 0.258 e. The summed E-state index contributed by atoms with van der Waals surface area (Å²) in [6.07, 6.45) is 0. The highest BCUT2D eigenvalue weighted by atomic mass is 16.5. The molecule has 0 aliphatic heterocycles. The van der Waals surface area contributed by atoms with E-state index in [1.165, 1.54) is 0 Å². The summed E-state index contributed by atoms with van der Waals surface area (Å²) in [5, 5.41) is 23.5. The minimum absolute atomic E-state index is 0.389. The molecule has 0 amide bonds. The van der Waals surface area contributed by atoms with Crippen molar-refractivity contribution in [3.05, 3.63) is 47.9 Å². The third kappa shape index (κ3) is 2.51. The predicted molar refractivity (Wildman–Crippen MR) is 82.9 cm³/mol. The zero-order valence-electron chi connectivity index (χ0n) is 13.0. The first-order valence-electron chi connectivity index (χ1n) is 7.21. The highest BCUT2D eigenvalue weighted by Gasteiger charge is 2.13. The van der Waals surface area contributed by atoms with E-state index in [-0.39, 0.29) is 0 Å². The van der Waals surface area contributed by atoms with Gasteiger partial charge in [-0.1, -0.05) is 11.2 Å². The van der Waals surface area contributed by atoms with Gasteiger partial charge in [0.05, 0.1) is 11.4 Å². The molecule has 0 atom stereocenters. The van der Waals surface area contributed by atoms with E-state index in [2.05, 4.69) is 35.9 Å². The first-order chi connectivity index (χ1) is 11.7. The number of tetrazole rings is 1. The molecule has 0 unspecified atom stereocenters. The van der Waals surface area contributed by atoms with E-state index < -0.39 is 0 Å². The molecule has 0 spiro atoms. The van der Waals surface area contributed by atoms with Crippen LogP contribution >= 0.6 is 0 Å². The molecule has 118 valence electrons. The smallest absolute Gasteiger partial charge is 0.258 e. The van der Waals surface area contributed by atoms with Crippen LogP contribution in [0.3, 0.4) is 0 Å². The molecule has 3 heterocycles. The van der Waals surface area contributed by atoms with Crippen LogP contribution in [0.5, 0.6) is 0 Å². The SMILES string of the molecule is Cc1ccc(-c2noc(-c3cccc(-n4nnnc4C)c3)n2)nn1. The topological polar surface area (TPSA) is 108 Å². The molecule has 0 fully saturated rings. The van der Waals surface area contributed by atoms with Crippen LogP contribution in [0.2, 0.25) is 0 Å². The van der Waals surface area contributed by atoms with Gasteiger partial charge in [-0.3, -0.25) is 0 Å². The van der Waals surface area contributed by atoms with Crippen LogP contribution in [0.4, 0.5) is 0 Å². The zero-order chi connectivity index (χ0) is 16.5. The van der Waals surface area contributed by atoms with Crippen molar-refractivity contribution in [1.29, 1.82) is 0 Å². The third-order valence-corrected chi connectivity index (χ3v) is 3.42. The first-order valence-corrected chi connectivity index (χ1v) is 7.21. The predicted octanol–water partition coefficient (Wildman–Crippen LogP) is 1.79. The lowest BCUT2D eigenvalue weighted by molar-refractivity contribution is 0.432. The number of rotatable bonds is 3.